The van der Waals surface area contributed by atoms with Crippen molar-refractivity contribution in [3.63, 3.8) is 0 Å². The second-order valence-electron chi connectivity index (χ2n) is 5.44. The molecule has 0 heterocycles. The van der Waals surface area contributed by atoms with Crippen LogP contribution in [0.1, 0.15) is 18.1 Å². The van der Waals surface area contributed by atoms with Crippen LogP contribution in [0.3, 0.4) is 0 Å². The molecule has 0 fully saturated rings. The van der Waals surface area contributed by atoms with Crippen molar-refractivity contribution in [2.75, 3.05) is 13.7 Å². The molecule has 0 aromatic heterocycles. The maximum Gasteiger partial charge on any atom is 0.273 e. The van der Waals surface area contributed by atoms with Gasteiger partial charge in [0.15, 0.2) is 11.6 Å². The van der Waals surface area contributed by atoms with Gasteiger partial charge in [-0.2, -0.15) is 0 Å². The summed E-state index contributed by atoms with van der Waals surface area (Å²) in [6.07, 6.45) is -0.0797. The van der Waals surface area contributed by atoms with E-state index < -0.39 is 10.7 Å². The van der Waals surface area contributed by atoms with Gasteiger partial charge in [-0.1, -0.05) is 24.3 Å². The van der Waals surface area contributed by atoms with Crippen LogP contribution in [-0.2, 0) is 17.8 Å². The summed E-state index contributed by atoms with van der Waals surface area (Å²) < 4.78 is 18.7. The summed E-state index contributed by atoms with van der Waals surface area (Å²) in [6.45, 7) is 2.43. The van der Waals surface area contributed by atoms with Gasteiger partial charge in [0.1, 0.15) is 0 Å². The van der Waals surface area contributed by atoms with E-state index >= 15 is 0 Å². The van der Waals surface area contributed by atoms with Crippen LogP contribution in [-0.4, -0.2) is 29.4 Å². The van der Waals surface area contributed by atoms with Crippen molar-refractivity contribution >= 4 is 11.6 Å². The van der Waals surface area contributed by atoms with Gasteiger partial charge in [0.2, 0.25) is 5.91 Å². The number of hydrogen-bond donors (Lipinski definition) is 0. The van der Waals surface area contributed by atoms with E-state index in [1.807, 2.05) is 0 Å². The monoisotopic (exact) mass is 346 g/mol. The van der Waals surface area contributed by atoms with Gasteiger partial charge in [-0.3, -0.25) is 14.9 Å². The Bertz CT molecular complexity index is 779. The van der Waals surface area contributed by atoms with Crippen LogP contribution in [0.4, 0.5) is 10.1 Å². The molecule has 25 heavy (non-hydrogen) atoms. The van der Waals surface area contributed by atoms with Crippen LogP contribution >= 0.6 is 0 Å². The molecule has 0 radical (unpaired) electrons. The molecular formula is C18H19FN2O4. The van der Waals surface area contributed by atoms with Gasteiger partial charge >= 0.3 is 0 Å². The number of nitro groups is 1. The fourth-order valence-corrected chi connectivity index (χ4v) is 2.52. The molecule has 7 heteroatoms. The van der Waals surface area contributed by atoms with Gasteiger partial charge in [0.05, 0.1) is 18.5 Å². The van der Waals surface area contributed by atoms with E-state index in [-0.39, 0.29) is 30.3 Å². The molecule has 0 atom stereocenters. The number of carbonyl (C=O) groups excluding carboxylic acids is 1. The maximum atomic E-state index is 13.8. The molecule has 0 aliphatic carbocycles. The number of ether oxygens (including phenoxy) is 1. The van der Waals surface area contributed by atoms with Crippen molar-refractivity contribution in [1.82, 2.24) is 4.90 Å². The molecule has 0 N–H and O–H groups in total. The van der Waals surface area contributed by atoms with Gasteiger partial charge in [-0.05, 0) is 24.6 Å². The Balaban J connectivity index is 2.14. The number of halogens is 1. The number of amides is 1. The Morgan fingerprint density at radius 3 is 2.60 bits per heavy atom. The summed E-state index contributed by atoms with van der Waals surface area (Å²) in [7, 11) is 1.38. The van der Waals surface area contributed by atoms with Gasteiger partial charge in [-0.15, -0.1) is 0 Å². The number of nitro benzene ring substituents is 1. The van der Waals surface area contributed by atoms with E-state index in [0.29, 0.717) is 17.7 Å². The molecule has 6 nitrogen and oxygen atoms in total. The van der Waals surface area contributed by atoms with Gasteiger partial charge in [-0.25, -0.2) is 4.39 Å². The predicted octanol–water partition coefficient (Wildman–Crippen LogP) is 3.33. The van der Waals surface area contributed by atoms with Crippen LogP contribution in [0.2, 0.25) is 0 Å². The van der Waals surface area contributed by atoms with Crippen molar-refractivity contribution in [2.45, 2.75) is 19.9 Å². The molecule has 2 aromatic rings. The van der Waals surface area contributed by atoms with E-state index in [1.165, 1.54) is 30.2 Å². The van der Waals surface area contributed by atoms with Crippen LogP contribution < -0.4 is 4.74 Å². The standard InChI is InChI=1S/C18H19FN2O4/c1-3-20(12-13-8-9-17(25-2)15(19)10-13)18(22)11-14-6-4-5-7-16(14)21(23)24/h4-10H,3,11-12H2,1-2H3. The Morgan fingerprint density at radius 1 is 1.28 bits per heavy atom. The van der Waals surface area contributed by atoms with Crippen LogP contribution in [0, 0.1) is 15.9 Å². The van der Waals surface area contributed by atoms with E-state index in [1.54, 1.807) is 31.2 Å². The summed E-state index contributed by atoms with van der Waals surface area (Å²) in [5.74, 6) is -0.617. The first-order valence-electron chi connectivity index (χ1n) is 7.78. The molecule has 132 valence electrons. The molecule has 0 bridgehead atoms. The largest absolute Gasteiger partial charge is 0.494 e. The molecule has 0 aliphatic rings. The normalized spacial score (nSPS) is 10.4. The second kappa shape index (κ2) is 8.23. The number of rotatable bonds is 7. The first-order chi connectivity index (χ1) is 12.0. The van der Waals surface area contributed by atoms with E-state index in [4.69, 9.17) is 4.74 Å². The molecule has 1 amide bonds. The lowest BCUT2D eigenvalue weighted by molar-refractivity contribution is -0.385. The Kier molecular flexibility index (Phi) is 6.05. The molecule has 0 saturated carbocycles. The zero-order valence-electron chi connectivity index (χ0n) is 14.1. The number of likely N-dealkylation sites (N-methyl/N-ethyl adjacent to an activating group) is 1. The smallest absolute Gasteiger partial charge is 0.273 e. The molecular weight excluding hydrogens is 327 g/mol. The summed E-state index contributed by atoms with van der Waals surface area (Å²) in [4.78, 5) is 24.6. The summed E-state index contributed by atoms with van der Waals surface area (Å²) in [6, 6.07) is 10.7. The quantitative estimate of drug-likeness (QED) is 0.569. The average Bonchev–Trinajstić information content (AvgIpc) is 2.60. The van der Waals surface area contributed by atoms with Crippen molar-refractivity contribution < 1.29 is 18.8 Å². The molecule has 2 rings (SSSR count). The minimum atomic E-state index is -0.502. The third kappa shape index (κ3) is 4.53. The van der Waals surface area contributed by atoms with Crippen molar-refractivity contribution in [3.05, 3.63) is 69.5 Å². The predicted molar refractivity (Wildman–Crippen MR) is 90.8 cm³/mol. The summed E-state index contributed by atoms with van der Waals surface area (Å²) in [5.41, 5.74) is 0.898. The highest BCUT2D eigenvalue weighted by molar-refractivity contribution is 5.80. The first-order valence-corrected chi connectivity index (χ1v) is 7.78. The number of nitrogens with zero attached hydrogens (tertiary/aromatic N) is 2. The third-order valence-corrected chi connectivity index (χ3v) is 3.85. The zero-order chi connectivity index (χ0) is 18.4. The van der Waals surface area contributed by atoms with Gasteiger partial charge in [0.25, 0.3) is 5.69 Å². The second-order valence-corrected chi connectivity index (χ2v) is 5.44. The molecule has 0 unspecified atom stereocenters. The maximum absolute atomic E-state index is 13.8. The third-order valence-electron chi connectivity index (χ3n) is 3.85. The fraction of sp³-hybridized carbons (Fsp3) is 0.278. The molecule has 0 saturated heterocycles. The van der Waals surface area contributed by atoms with Gasteiger partial charge in [0, 0.05) is 24.7 Å². The average molecular weight is 346 g/mol. The van der Waals surface area contributed by atoms with E-state index in [9.17, 15) is 19.3 Å². The number of para-hydroxylation sites is 1. The SMILES string of the molecule is CCN(Cc1ccc(OC)c(F)c1)C(=O)Cc1ccccc1[N+](=O)[O-]. The Morgan fingerprint density at radius 2 is 2.00 bits per heavy atom. The van der Waals surface area contributed by atoms with E-state index in [2.05, 4.69) is 0 Å². The first kappa shape index (κ1) is 18.4. The number of hydrogen-bond acceptors (Lipinski definition) is 4. The zero-order valence-corrected chi connectivity index (χ0v) is 14.1. The highest BCUT2D eigenvalue weighted by Crippen LogP contribution is 2.21. The van der Waals surface area contributed by atoms with Crippen LogP contribution in [0.15, 0.2) is 42.5 Å². The summed E-state index contributed by atoms with van der Waals surface area (Å²) >= 11 is 0. The van der Waals surface area contributed by atoms with Crippen LogP contribution in [0.25, 0.3) is 0 Å². The molecule has 0 spiro atoms. The number of methoxy groups -OCH3 is 1. The highest BCUT2D eigenvalue weighted by atomic mass is 19.1. The van der Waals surface area contributed by atoms with E-state index in [0.717, 1.165) is 0 Å². The van der Waals surface area contributed by atoms with Gasteiger partial charge < -0.3 is 9.64 Å². The Labute approximate surface area is 145 Å². The molecule has 0 aliphatic heterocycles. The lowest BCUT2D eigenvalue weighted by atomic mass is 10.1. The number of benzene rings is 2. The topological polar surface area (TPSA) is 72.7 Å². The van der Waals surface area contributed by atoms with Crippen LogP contribution in [0.5, 0.6) is 5.75 Å². The highest BCUT2D eigenvalue weighted by Gasteiger charge is 2.19. The van der Waals surface area contributed by atoms with Crippen molar-refractivity contribution in [1.29, 1.82) is 0 Å². The Hall–Kier alpha value is -2.96. The lowest BCUT2D eigenvalue weighted by Gasteiger charge is -2.21. The van der Waals surface area contributed by atoms with Crippen molar-refractivity contribution in [3.8, 4) is 5.75 Å². The minimum Gasteiger partial charge on any atom is -0.494 e. The van der Waals surface area contributed by atoms with Crippen molar-refractivity contribution in [2.24, 2.45) is 0 Å². The fourth-order valence-electron chi connectivity index (χ4n) is 2.52. The molecule has 2 aromatic carbocycles. The summed E-state index contributed by atoms with van der Waals surface area (Å²) in [5, 5.41) is 11.1. The lowest BCUT2D eigenvalue weighted by Crippen LogP contribution is -2.31. The number of carbonyl (C=O) groups is 1. The minimum absolute atomic E-state index is 0.0797.